The van der Waals surface area contributed by atoms with Crippen molar-refractivity contribution in [2.75, 3.05) is 7.11 Å². The number of phenolic OH excluding ortho intramolecular Hbond substituents is 1. The first-order chi connectivity index (χ1) is 7.54. The van der Waals surface area contributed by atoms with Gasteiger partial charge in [-0.2, -0.15) is 0 Å². The number of benzene rings is 1. The quantitative estimate of drug-likeness (QED) is 0.761. The molecule has 0 aromatic heterocycles. The van der Waals surface area contributed by atoms with Gasteiger partial charge in [0, 0.05) is 6.07 Å². The molecule has 16 heavy (non-hydrogen) atoms. The monoisotopic (exact) mass is 224 g/mol. The van der Waals surface area contributed by atoms with Crippen LogP contribution in [0.2, 0.25) is 0 Å². The van der Waals surface area contributed by atoms with Crippen LogP contribution in [0.25, 0.3) is 0 Å². The number of aliphatic hydroxyl groups excluding tert-OH is 1. The standard InChI is InChI=1S/C12H16O4/c1-6-4-8-7(2)9(13)5-10(15-3)11(8)12(14)16-6/h5-6,12-14H,4H2,1-3H3/t6-,12-/m0/s1. The van der Waals surface area contributed by atoms with Gasteiger partial charge in [-0.3, -0.25) is 0 Å². The maximum atomic E-state index is 9.88. The van der Waals surface area contributed by atoms with Crippen LogP contribution in [0.3, 0.4) is 0 Å². The summed E-state index contributed by atoms with van der Waals surface area (Å²) in [7, 11) is 1.51. The van der Waals surface area contributed by atoms with Gasteiger partial charge in [-0.15, -0.1) is 0 Å². The number of aromatic hydroxyl groups is 1. The highest BCUT2D eigenvalue weighted by Gasteiger charge is 2.29. The SMILES string of the molecule is COc1cc(O)c(C)c2c1[C@@H](O)O[C@@H](C)C2. The second kappa shape index (κ2) is 3.96. The normalized spacial score (nSPS) is 24.0. The molecular formula is C12H16O4. The number of fused-ring (bicyclic) bond motifs is 1. The predicted octanol–water partition coefficient (Wildman–Crippen LogP) is 1.66. The zero-order chi connectivity index (χ0) is 11.9. The lowest BCUT2D eigenvalue weighted by molar-refractivity contribution is -0.144. The van der Waals surface area contributed by atoms with Gasteiger partial charge < -0.3 is 19.7 Å². The molecule has 88 valence electrons. The minimum Gasteiger partial charge on any atom is -0.508 e. The van der Waals surface area contributed by atoms with Gasteiger partial charge in [-0.1, -0.05) is 0 Å². The molecule has 0 radical (unpaired) electrons. The van der Waals surface area contributed by atoms with Gasteiger partial charge >= 0.3 is 0 Å². The van der Waals surface area contributed by atoms with E-state index < -0.39 is 6.29 Å². The molecule has 0 unspecified atom stereocenters. The van der Waals surface area contributed by atoms with Crippen LogP contribution in [0.1, 0.15) is 29.9 Å². The van der Waals surface area contributed by atoms with Crippen molar-refractivity contribution in [2.45, 2.75) is 32.7 Å². The first-order valence-corrected chi connectivity index (χ1v) is 5.27. The minimum atomic E-state index is -0.979. The highest BCUT2D eigenvalue weighted by molar-refractivity contribution is 5.53. The van der Waals surface area contributed by atoms with Crippen molar-refractivity contribution in [1.29, 1.82) is 0 Å². The molecule has 0 spiro atoms. The molecule has 0 saturated heterocycles. The van der Waals surface area contributed by atoms with E-state index in [-0.39, 0.29) is 11.9 Å². The van der Waals surface area contributed by atoms with Crippen LogP contribution in [0, 0.1) is 6.92 Å². The van der Waals surface area contributed by atoms with E-state index in [1.807, 2.05) is 13.8 Å². The minimum absolute atomic E-state index is 0.0623. The van der Waals surface area contributed by atoms with Crippen LogP contribution in [-0.4, -0.2) is 23.4 Å². The van der Waals surface area contributed by atoms with Crippen molar-refractivity contribution in [3.63, 3.8) is 0 Å². The largest absolute Gasteiger partial charge is 0.508 e. The summed E-state index contributed by atoms with van der Waals surface area (Å²) in [5.74, 6) is 0.661. The average Bonchev–Trinajstić information content (AvgIpc) is 2.23. The van der Waals surface area contributed by atoms with Crippen LogP contribution in [0.5, 0.6) is 11.5 Å². The predicted molar refractivity (Wildman–Crippen MR) is 58.6 cm³/mol. The zero-order valence-electron chi connectivity index (χ0n) is 9.65. The molecular weight excluding hydrogens is 208 g/mol. The summed E-state index contributed by atoms with van der Waals surface area (Å²) in [5.41, 5.74) is 2.34. The Morgan fingerprint density at radius 2 is 2.19 bits per heavy atom. The van der Waals surface area contributed by atoms with E-state index in [9.17, 15) is 10.2 Å². The second-order valence-electron chi connectivity index (χ2n) is 4.12. The van der Waals surface area contributed by atoms with Crippen LogP contribution in [-0.2, 0) is 11.2 Å². The molecule has 4 nitrogen and oxygen atoms in total. The second-order valence-corrected chi connectivity index (χ2v) is 4.12. The van der Waals surface area contributed by atoms with Gasteiger partial charge in [0.25, 0.3) is 0 Å². The molecule has 1 aromatic carbocycles. The summed E-state index contributed by atoms with van der Waals surface area (Å²) >= 11 is 0. The molecule has 1 heterocycles. The molecule has 1 aliphatic rings. The van der Waals surface area contributed by atoms with Crippen molar-refractivity contribution in [1.82, 2.24) is 0 Å². The van der Waals surface area contributed by atoms with Crippen molar-refractivity contribution in [3.8, 4) is 11.5 Å². The van der Waals surface area contributed by atoms with Crippen molar-refractivity contribution < 1.29 is 19.7 Å². The third kappa shape index (κ3) is 1.64. The van der Waals surface area contributed by atoms with Crippen molar-refractivity contribution in [3.05, 3.63) is 22.8 Å². The average molecular weight is 224 g/mol. The van der Waals surface area contributed by atoms with Crippen LogP contribution in [0.4, 0.5) is 0 Å². The summed E-state index contributed by atoms with van der Waals surface area (Å²) in [6.07, 6.45) is -0.371. The Labute approximate surface area is 94.4 Å². The summed E-state index contributed by atoms with van der Waals surface area (Å²) < 4.78 is 10.5. The van der Waals surface area contributed by atoms with Gasteiger partial charge in [0.1, 0.15) is 11.5 Å². The van der Waals surface area contributed by atoms with E-state index >= 15 is 0 Å². The Kier molecular flexibility index (Phi) is 2.78. The summed E-state index contributed by atoms with van der Waals surface area (Å²) in [5, 5.41) is 19.6. The fourth-order valence-electron chi connectivity index (χ4n) is 2.14. The number of methoxy groups -OCH3 is 1. The Morgan fingerprint density at radius 1 is 1.50 bits per heavy atom. The van der Waals surface area contributed by atoms with Gasteiger partial charge in [-0.05, 0) is 31.4 Å². The number of hydrogen-bond acceptors (Lipinski definition) is 4. The number of hydrogen-bond donors (Lipinski definition) is 2. The Hall–Kier alpha value is -1.26. The molecule has 1 aliphatic heterocycles. The van der Waals surface area contributed by atoms with Crippen LogP contribution >= 0.6 is 0 Å². The highest BCUT2D eigenvalue weighted by atomic mass is 16.6. The van der Waals surface area contributed by atoms with E-state index in [2.05, 4.69) is 0 Å². The lowest BCUT2D eigenvalue weighted by Crippen LogP contribution is -2.25. The smallest absolute Gasteiger partial charge is 0.185 e. The van der Waals surface area contributed by atoms with E-state index in [1.54, 1.807) is 0 Å². The highest BCUT2D eigenvalue weighted by Crippen LogP contribution is 2.40. The first kappa shape index (κ1) is 11.2. The Bertz CT molecular complexity index is 414. The maximum Gasteiger partial charge on any atom is 0.185 e. The van der Waals surface area contributed by atoms with Crippen molar-refractivity contribution >= 4 is 0 Å². The fourth-order valence-corrected chi connectivity index (χ4v) is 2.14. The molecule has 0 bridgehead atoms. The van der Waals surface area contributed by atoms with Gasteiger partial charge in [-0.25, -0.2) is 0 Å². The summed E-state index contributed by atoms with van der Waals surface area (Å²) in [6.45, 7) is 3.72. The van der Waals surface area contributed by atoms with E-state index in [0.717, 1.165) is 11.1 Å². The molecule has 2 N–H and O–H groups in total. The molecule has 2 atom stereocenters. The van der Waals surface area contributed by atoms with Crippen LogP contribution in [0.15, 0.2) is 6.07 Å². The molecule has 4 heteroatoms. The number of aliphatic hydroxyl groups is 1. The molecule has 2 rings (SSSR count). The van der Waals surface area contributed by atoms with Crippen molar-refractivity contribution in [2.24, 2.45) is 0 Å². The Morgan fingerprint density at radius 3 is 2.81 bits per heavy atom. The van der Waals surface area contributed by atoms with Gasteiger partial charge in [0.15, 0.2) is 6.29 Å². The summed E-state index contributed by atoms with van der Waals surface area (Å²) in [4.78, 5) is 0. The first-order valence-electron chi connectivity index (χ1n) is 5.27. The van der Waals surface area contributed by atoms with Gasteiger partial charge in [0.05, 0.1) is 18.8 Å². The molecule has 0 fully saturated rings. The third-order valence-corrected chi connectivity index (χ3v) is 3.01. The molecule has 0 saturated carbocycles. The maximum absolute atomic E-state index is 9.88. The Balaban J connectivity index is 2.63. The van der Waals surface area contributed by atoms with E-state index in [1.165, 1.54) is 13.2 Å². The number of rotatable bonds is 1. The van der Waals surface area contributed by atoms with Crippen LogP contribution < -0.4 is 4.74 Å². The van der Waals surface area contributed by atoms with E-state index in [0.29, 0.717) is 17.7 Å². The fraction of sp³-hybridized carbons (Fsp3) is 0.500. The lowest BCUT2D eigenvalue weighted by atomic mass is 9.92. The lowest BCUT2D eigenvalue weighted by Gasteiger charge is -2.30. The summed E-state index contributed by atoms with van der Waals surface area (Å²) in [6, 6.07) is 1.51. The van der Waals surface area contributed by atoms with E-state index in [4.69, 9.17) is 9.47 Å². The molecule has 1 aromatic rings. The number of ether oxygens (including phenoxy) is 2. The zero-order valence-corrected chi connectivity index (χ0v) is 9.65. The number of phenols is 1. The third-order valence-electron chi connectivity index (χ3n) is 3.01. The van der Waals surface area contributed by atoms with Gasteiger partial charge in [0.2, 0.25) is 0 Å². The topological polar surface area (TPSA) is 58.9 Å². The molecule has 0 aliphatic carbocycles. The molecule has 0 amide bonds.